The van der Waals surface area contributed by atoms with Gasteiger partial charge in [-0.2, -0.15) is 11.8 Å². The topological polar surface area (TPSA) is 76.7 Å². The van der Waals surface area contributed by atoms with Crippen LogP contribution in [0.5, 0.6) is 11.5 Å². The molecule has 0 aromatic heterocycles. The second-order valence-corrected chi connectivity index (χ2v) is 7.06. The first-order valence-electron chi connectivity index (χ1n) is 8.83. The van der Waals surface area contributed by atoms with Crippen molar-refractivity contribution in [3.63, 3.8) is 0 Å². The summed E-state index contributed by atoms with van der Waals surface area (Å²) in [5, 5.41) is 5.18. The summed E-state index contributed by atoms with van der Waals surface area (Å²) >= 11 is 1.49. The van der Waals surface area contributed by atoms with Crippen LogP contribution in [0.2, 0.25) is 0 Å². The van der Waals surface area contributed by atoms with E-state index in [-0.39, 0.29) is 11.3 Å². The van der Waals surface area contributed by atoms with Crippen molar-refractivity contribution >= 4 is 29.3 Å². The largest absolute Gasteiger partial charge is 0.573 e. The first-order chi connectivity index (χ1) is 14.2. The van der Waals surface area contributed by atoms with Gasteiger partial charge in [0.15, 0.2) is 0 Å². The van der Waals surface area contributed by atoms with Crippen LogP contribution in [0.1, 0.15) is 16.8 Å². The SMILES string of the molecule is COc1ccccc1C(=O)NC(CCSC)C(=O)Nc1cccc(OC(F)(F)F)c1. The highest BCUT2D eigenvalue weighted by molar-refractivity contribution is 7.98. The van der Waals surface area contributed by atoms with Gasteiger partial charge in [-0.1, -0.05) is 18.2 Å². The van der Waals surface area contributed by atoms with Gasteiger partial charge < -0.3 is 20.1 Å². The first kappa shape index (κ1) is 23.4. The molecule has 6 nitrogen and oxygen atoms in total. The zero-order valence-corrected chi connectivity index (χ0v) is 17.1. The molecule has 0 radical (unpaired) electrons. The van der Waals surface area contributed by atoms with Gasteiger partial charge in [-0.05, 0) is 42.7 Å². The van der Waals surface area contributed by atoms with Crippen molar-refractivity contribution in [2.45, 2.75) is 18.8 Å². The van der Waals surface area contributed by atoms with Crippen LogP contribution in [0.3, 0.4) is 0 Å². The third-order valence-corrected chi connectivity index (χ3v) is 4.56. The maximum Gasteiger partial charge on any atom is 0.573 e. The van der Waals surface area contributed by atoms with Gasteiger partial charge in [0, 0.05) is 11.8 Å². The smallest absolute Gasteiger partial charge is 0.496 e. The number of anilines is 1. The van der Waals surface area contributed by atoms with Crippen molar-refractivity contribution in [3.8, 4) is 11.5 Å². The minimum atomic E-state index is -4.84. The highest BCUT2D eigenvalue weighted by Crippen LogP contribution is 2.25. The van der Waals surface area contributed by atoms with E-state index in [0.717, 1.165) is 12.1 Å². The van der Waals surface area contributed by atoms with Crippen LogP contribution in [-0.2, 0) is 4.79 Å². The summed E-state index contributed by atoms with van der Waals surface area (Å²) in [7, 11) is 1.43. The predicted octanol–water partition coefficient (Wildman–Crippen LogP) is 4.08. The number of carbonyl (C=O) groups is 2. The fourth-order valence-electron chi connectivity index (χ4n) is 2.57. The Morgan fingerprint density at radius 2 is 1.87 bits per heavy atom. The molecule has 2 N–H and O–H groups in total. The van der Waals surface area contributed by atoms with Gasteiger partial charge in [-0.25, -0.2) is 0 Å². The van der Waals surface area contributed by atoms with Crippen LogP contribution in [0.15, 0.2) is 48.5 Å². The maximum absolute atomic E-state index is 12.7. The van der Waals surface area contributed by atoms with E-state index in [4.69, 9.17) is 4.74 Å². The number of alkyl halides is 3. The Kier molecular flexibility index (Phi) is 8.40. The first-order valence-corrected chi connectivity index (χ1v) is 10.2. The average Bonchev–Trinajstić information content (AvgIpc) is 2.69. The number of halogens is 3. The molecule has 2 amide bonds. The monoisotopic (exact) mass is 442 g/mol. The van der Waals surface area contributed by atoms with Gasteiger partial charge in [-0.3, -0.25) is 9.59 Å². The van der Waals surface area contributed by atoms with Crippen LogP contribution >= 0.6 is 11.8 Å². The van der Waals surface area contributed by atoms with Crippen LogP contribution < -0.4 is 20.1 Å². The molecule has 162 valence electrons. The molecule has 2 aromatic carbocycles. The van der Waals surface area contributed by atoms with Gasteiger partial charge in [0.2, 0.25) is 5.91 Å². The molecule has 0 bridgehead atoms. The molecule has 2 aromatic rings. The standard InChI is InChI=1S/C20H21F3N2O4S/c1-28-17-9-4-3-8-15(17)18(26)25-16(10-11-30-2)19(27)24-13-6-5-7-14(12-13)29-20(21,22)23/h3-9,12,16H,10-11H2,1-2H3,(H,24,27)(H,25,26). The van der Waals surface area contributed by atoms with E-state index < -0.39 is 30.0 Å². The van der Waals surface area contributed by atoms with Crippen molar-refractivity contribution in [1.82, 2.24) is 5.32 Å². The third-order valence-electron chi connectivity index (χ3n) is 3.92. The predicted molar refractivity (Wildman–Crippen MR) is 109 cm³/mol. The normalized spacial score (nSPS) is 12.0. The number of benzene rings is 2. The van der Waals surface area contributed by atoms with Crippen LogP contribution in [0, 0.1) is 0 Å². The molecule has 0 saturated carbocycles. The van der Waals surface area contributed by atoms with Crippen LogP contribution in [0.25, 0.3) is 0 Å². The Hall–Kier alpha value is -2.88. The number of para-hydroxylation sites is 1. The van der Waals surface area contributed by atoms with Crippen LogP contribution in [0.4, 0.5) is 18.9 Å². The minimum Gasteiger partial charge on any atom is -0.496 e. The van der Waals surface area contributed by atoms with E-state index in [1.54, 1.807) is 24.3 Å². The van der Waals surface area contributed by atoms with Crippen molar-refractivity contribution in [2.24, 2.45) is 0 Å². The van der Waals surface area contributed by atoms with E-state index in [9.17, 15) is 22.8 Å². The lowest BCUT2D eigenvalue weighted by atomic mass is 10.1. The molecule has 10 heteroatoms. The summed E-state index contributed by atoms with van der Waals surface area (Å²) in [6.45, 7) is 0. The molecule has 0 aliphatic heterocycles. The average molecular weight is 442 g/mol. The molecule has 0 saturated heterocycles. The van der Waals surface area contributed by atoms with Gasteiger partial charge in [-0.15, -0.1) is 13.2 Å². The number of hydrogen-bond acceptors (Lipinski definition) is 5. The Labute approximate surface area is 176 Å². The highest BCUT2D eigenvalue weighted by Gasteiger charge is 2.31. The fraction of sp³-hybridized carbons (Fsp3) is 0.300. The Morgan fingerprint density at radius 1 is 1.13 bits per heavy atom. The van der Waals surface area contributed by atoms with Crippen LogP contribution in [-0.4, -0.2) is 43.3 Å². The summed E-state index contributed by atoms with van der Waals surface area (Å²) in [5.41, 5.74) is 0.380. The summed E-state index contributed by atoms with van der Waals surface area (Å²) in [6, 6.07) is 10.6. The third kappa shape index (κ3) is 7.18. The summed E-state index contributed by atoms with van der Waals surface area (Å²) in [4.78, 5) is 25.3. The Bertz CT molecular complexity index is 877. The Morgan fingerprint density at radius 3 is 2.53 bits per heavy atom. The molecule has 0 aliphatic carbocycles. The second kappa shape index (κ2) is 10.8. The fourth-order valence-corrected chi connectivity index (χ4v) is 3.04. The number of hydrogen-bond donors (Lipinski definition) is 2. The van der Waals surface area contributed by atoms with Crippen molar-refractivity contribution in [1.29, 1.82) is 0 Å². The number of thioether (sulfide) groups is 1. The molecule has 2 rings (SSSR count). The highest BCUT2D eigenvalue weighted by atomic mass is 32.2. The lowest BCUT2D eigenvalue weighted by Crippen LogP contribution is -2.44. The molecule has 1 atom stereocenters. The number of nitrogens with one attached hydrogen (secondary N) is 2. The summed E-state index contributed by atoms with van der Waals surface area (Å²) in [6.07, 6.45) is -2.66. The number of carbonyl (C=O) groups excluding carboxylic acids is 2. The summed E-state index contributed by atoms with van der Waals surface area (Å²) in [5.74, 6) is -0.573. The van der Waals surface area contributed by atoms with Gasteiger partial charge in [0.25, 0.3) is 5.91 Å². The van der Waals surface area contributed by atoms with E-state index >= 15 is 0 Å². The molecule has 1 unspecified atom stereocenters. The maximum atomic E-state index is 12.7. The molecule has 0 fully saturated rings. The molecule has 0 aliphatic rings. The number of methoxy groups -OCH3 is 1. The van der Waals surface area contributed by atoms with E-state index in [1.807, 2.05) is 6.26 Å². The quantitative estimate of drug-likeness (QED) is 0.612. The van der Waals surface area contributed by atoms with Gasteiger partial charge >= 0.3 is 6.36 Å². The molecular formula is C20H21F3N2O4S. The Balaban J connectivity index is 2.13. The van der Waals surface area contributed by atoms with Crippen molar-refractivity contribution in [3.05, 3.63) is 54.1 Å². The van der Waals surface area contributed by atoms with Crippen molar-refractivity contribution in [2.75, 3.05) is 24.4 Å². The zero-order valence-electron chi connectivity index (χ0n) is 16.3. The van der Waals surface area contributed by atoms with E-state index in [2.05, 4.69) is 15.4 Å². The minimum absolute atomic E-state index is 0.113. The molecule has 0 heterocycles. The zero-order chi connectivity index (χ0) is 22.1. The van der Waals surface area contributed by atoms with E-state index in [1.165, 1.54) is 31.0 Å². The van der Waals surface area contributed by atoms with Crippen molar-refractivity contribution < 1.29 is 32.2 Å². The molecule has 30 heavy (non-hydrogen) atoms. The van der Waals surface area contributed by atoms with Gasteiger partial charge in [0.05, 0.1) is 12.7 Å². The number of ether oxygens (including phenoxy) is 2. The molecule has 0 spiro atoms. The number of rotatable bonds is 9. The second-order valence-electron chi connectivity index (χ2n) is 6.07. The number of amides is 2. The molecular weight excluding hydrogens is 421 g/mol. The lowest BCUT2D eigenvalue weighted by molar-refractivity contribution is -0.274. The summed E-state index contributed by atoms with van der Waals surface area (Å²) < 4.78 is 46.2. The van der Waals surface area contributed by atoms with Gasteiger partial charge in [0.1, 0.15) is 17.5 Å². The van der Waals surface area contributed by atoms with E-state index in [0.29, 0.717) is 17.9 Å². The lowest BCUT2D eigenvalue weighted by Gasteiger charge is -2.19.